The van der Waals surface area contributed by atoms with E-state index in [1.165, 1.54) is 0 Å². The molecule has 0 bridgehead atoms. The van der Waals surface area contributed by atoms with Gasteiger partial charge in [-0.3, -0.25) is 9.59 Å². The Morgan fingerprint density at radius 2 is 1.04 bits per heavy atom. The number of aliphatic hydroxyl groups is 2. The average molecular weight is 328 g/mol. The highest BCUT2D eigenvalue weighted by atomic mass is 16.3. The Morgan fingerprint density at radius 1 is 0.708 bits per heavy atom. The van der Waals surface area contributed by atoms with Crippen LogP contribution in [0.25, 0.3) is 0 Å². The fourth-order valence-electron chi connectivity index (χ4n) is 2.07. The number of benzene rings is 2. The molecule has 0 aliphatic heterocycles. The lowest BCUT2D eigenvalue weighted by Crippen LogP contribution is -2.49. The van der Waals surface area contributed by atoms with Crippen LogP contribution in [0.15, 0.2) is 60.7 Å². The minimum absolute atomic E-state index is 0.203. The van der Waals surface area contributed by atoms with Gasteiger partial charge in [-0.2, -0.15) is 0 Å². The first kappa shape index (κ1) is 17.7. The van der Waals surface area contributed by atoms with Gasteiger partial charge in [-0.25, -0.2) is 0 Å². The summed E-state index contributed by atoms with van der Waals surface area (Å²) in [7, 11) is 0. The number of rotatable bonds is 7. The summed E-state index contributed by atoms with van der Waals surface area (Å²) in [6.45, 7) is 0.407. The van der Waals surface area contributed by atoms with Crippen LogP contribution in [0, 0.1) is 0 Å². The molecule has 0 saturated carbocycles. The molecular formula is C18H20N2O4. The van der Waals surface area contributed by atoms with Crippen LogP contribution < -0.4 is 10.6 Å². The molecule has 0 aliphatic carbocycles. The maximum absolute atomic E-state index is 11.8. The zero-order valence-electron chi connectivity index (χ0n) is 13.1. The molecule has 2 aromatic rings. The number of carbonyl (C=O) groups excluding carboxylic acids is 2. The van der Waals surface area contributed by atoms with E-state index >= 15 is 0 Å². The first-order valence-electron chi connectivity index (χ1n) is 7.57. The number of aliphatic hydroxyl groups excluding tert-OH is 2. The zero-order valence-corrected chi connectivity index (χ0v) is 13.1. The molecule has 2 amide bonds. The predicted molar refractivity (Wildman–Crippen MR) is 88.6 cm³/mol. The molecule has 0 radical (unpaired) electrons. The molecule has 0 fully saturated rings. The molecule has 0 saturated heterocycles. The van der Waals surface area contributed by atoms with Crippen molar-refractivity contribution >= 4 is 11.8 Å². The summed E-state index contributed by atoms with van der Waals surface area (Å²) >= 11 is 0. The van der Waals surface area contributed by atoms with Crippen molar-refractivity contribution in [3.63, 3.8) is 0 Å². The largest absolute Gasteiger partial charge is 0.380 e. The topological polar surface area (TPSA) is 98.7 Å². The highest BCUT2D eigenvalue weighted by Gasteiger charge is 2.29. The second kappa shape index (κ2) is 8.81. The second-order valence-electron chi connectivity index (χ2n) is 5.30. The molecule has 6 heteroatoms. The summed E-state index contributed by atoms with van der Waals surface area (Å²) in [4.78, 5) is 23.7. The first-order chi connectivity index (χ1) is 11.6. The van der Waals surface area contributed by atoms with Crippen LogP contribution in [0.1, 0.15) is 11.1 Å². The van der Waals surface area contributed by atoms with Crippen molar-refractivity contribution in [2.24, 2.45) is 0 Å². The summed E-state index contributed by atoms with van der Waals surface area (Å²) in [5.74, 6) is -1.61. The SMILES string of the molecule is O=C(NCc1ccccc1)[C@@H](O)[C@H](O)C(=O)NCc1ccccc1. The number of hydrogen-bond acceptors (Lipinski definition) is 4. The van der Waals surface area contributed by atoms with Crippen molar-refractivity contribution in [1.82, 2.24) is 10.6 Å². The van der Waals surface area contributed by atoms with Gasteiger partial charge in [-0.05, 0) is 11.1 Å². The Kier molecular flexibility index (Phi) is 6.48. The van der Waals surface area contributed by atoms with E-state index in [-0.39, 0.29) is 13.1 Å². The molecule has 24 heavy (non-hydrogen) atoms. The van der Waals surface area contributed by atoms with Gasteiger partial charge in [0, 0.05) is 13.1 Å². The molecular weight excluding hydrogens is 308 g/mol. The van der Waals surface area contributed by atoms with E-state index < -0.39 is 24.0 Å². The fourth-order valence-corrected chi connectivity index (χ4v) is 2.07. The van der Waals surface area contributed by atoms with Crippen LogP contribution in [-0.4, -0.2) is 34.2 Å². The Labute approximate surface area is 140 Å². The van der Waals surface area contributed by atoms with Crippen LogP contribution in [0.4, 0.5) is 0 Å². The number of hydrogen-bond donors (Lipinski definition) is 4. The highest BCUT2D eigenvalue weighted by Crippen LogP contribution is 2.01. The molecule has 6 nitrogen and oxygen atoms in total. The van der Waals surface area contributed by atoms with E-state index in [4.69, 9.17) is 0 Å². The third kappa shape index (κ3) is 5.19. The third-order valence-electron chi connectivity index (χ3n) is 3.46. The van der Waals surface area contributed by atoms with Gasteiger partial charge in [0.25, 0.3) is 11.8 Å². The third-order valence-corrected chi connectivity index (χ3v) is 3.46. The maximum atomic E-state index is 11.8. The monoisotopic (exact) mass is 328 g/mol. The van der Waals surface area contributed by atoms with E-state index in [0.717, 1.165) is 11.1 Å². The van der Waals surface area contributed by atoms with Gasteiger partial charge in [0.15, 0.2) is 12.2 Å². The van der Waals surface area contributed by atoms with E-state index in [1.807, 2.05) is 60.7 Å². The lowest BCUT2D eigenvalue weighted by Gasteiger charge is -2.17. The second-order valence-corrected chi connectivity index (χ2v) is 5.30. The van der Waals surface area contributed by atoms with Crippen molar-refractivity contribution in [3.05, 3.63) is 71.8 Å². The van der Waals surface area contributed by atoms with Crippen molar-refractivity contribution in [1.29, 1.82) is 0 Å². The van der Waals surface area contributed by atoms with Crippen LogP contribution in [0.3, 0.4) is 0 Å². The molecule has 0 spiro atoms. The molecule has 2 aromatic carbocycles. The Morgan fingerprint density at radius 3 is 1.38 bits per heavy atom. The summed E-state index contributed by atoms with van der Waals surface area (Å²) in [5.41, 5.74) is 1.70. The summed E-state index contributed by atoms with van der Waals surface area (Å²) < 4.78 is 0. The van der Waals surface area contributed by atoms with Crippen LogP contribution in [0.5, 0.6) is 0 Å². The van der Waals surface area contributed by atoms with Crippen molar-refractivity contribution < 1.29 is 19.8 Å². The maximum Gasteiger partial charge on any atom is 0.252 e. The standard InChI is InChI=1S/C18H20N2O4/c21-15(17(23)19-11-13-7-3-1-4-8-13)16(22)18(24)20-12-14-9-5-2-6-10-14/h1-10,15-16,21-22H,11-12H2,(H,19,23)(H,20,24)/t15-,16-/m0/s1. The molecule has 2 rings (SSSR count). The van der Waals surface area contributed by atoms with E-state index in [9.17, 15) is 19.8 Å². The Hall–Kier alpha value is -2.70. The Balaban J connectivity index is 1.80. The van der Waals surface area contributed by atoms with Crippen LogP contribution in [-0.2, 0) is 22.7 Å². The van der Waals surface area contributed by atoms with Crippen molar-refractivity contribution in [3.8, 4) is 0 Å². The Bertz CT molecular complexity index is 602. The van der Waals surface area contributed by atoms with Gasteiger partial charge in [0.05, 0.1) is 0 Å². The smallest absolute Gasteiger partial charge is 0.252 e. The van der Waals surface area contributed by atoms with Gasteiger partial charge in [0.1, 0.15) is 0 Å². The number of carbonyl (C=O) groups is 2. The van der Waals surface area contributed by atoms with Gasteiger partial charge in [0.2, 0.25) is 0 Å². The predicted octanol–water partition coefficient (Wildman–Crippen LogP) is 0.341. The summed E-state index contributed by atoms with van der Waals surface area (Å²) in [6, 6.07) is 18.2. The molecule has 0 aliphatic rings. The highest BCUT2D eigenvalue weighted by molar-refractivity contribution is 5.90. The quantitative estimate of drug-likeness (QED) is 0.589. The van der Waals surface area contributed by atoms with Gasteiger partial charge < -0.3 is 20.8 Å². The minimum atomic E-state index is -1.83. The normalized spacial score (nSPS) is 12.9. The average Bonchev–Trinajstić information content (AvgIpc) is 2.64. The molecule has 0 aromatic heterocycles. The molecule has 126 valence electrons. The molecule has 0 heterocycles. The molecule has 0 unspecified atom stereocenters. The van der Waals surface area contributed by atoms with Crippen molar-refractivity contribution in [2.75, 3.05) is 0 Å². The number of nitrogens with one attached hydrogen (secondary N) is 2. The van der Waals surface area contributed by atoms with E-state index in [1.54, 1.807) is 0 Å². The fraction of sp³-hybridized carbons (Fsp3) is 0.222. The lowest BCUT2D eigenvalue weighted by atomic mass is 10.1. The molecule has 2 atom stereocenters. The van der Waals surface area contributed by atoms with E-state index in [2.05, 4.69) is 10.6 Å². The first-order valence-corrected chi connectivity index (χ1v) is 7.57. The lowest BCUT2D eigenvalue weighted by molar-refractivity contribution is -0.146. The van der Waals surface area contributed by atoms with Gasteiger partial charge in [-0.15, -0.1) is 0 Å². The van der Waals surface area contributed by atoms with Crippen LogP contribution >= 0.6 is 0 Å². The van der Waals surface area contributed by atoms with Gasteiger partial charge >= 0.3 is 0 Å². The summed E-state index contributed by atoms with van der Waals surface area (Å²) in [6.07, 6.45) is -3.66. The van der Waals surface area contributed by atoms with Gasteiger partial charge in [-0.1, -0.05) is 60.7 Å². The van der Waals surface area contributed by atoms with E-state index in [0.29, 0.717) is 0 Å². The minimum Gasteiger partial charge on any atom is -0.380 e. The number of amides is 2. The van der Waals surface area contributed by atoms with Crippen LogP contribution in [0.2, 0.25) is 0 Å². The summed E-state index contributed by atoms with van der Waals surface area (Å²) in [5, 5.41) is 24.6. The zero-order chi connectivity index (χ0) is 17.4. The van der Waals surface area contributed by atoms with Crippen molar-refractivity contribution in [2.45, 2.75) is 25.3 Å². The molecule has 4 N–H and O–H groups in total.